The molecule has 2 saturated carbocycles. The van der Waals surface area contributed by atoms with Crippen LogP contribution in [0.3, 0.4) is 0 Å². The lowest BCUT2D eigenvalue weighted by Gasteiger charge is -2.55. The van der Waals surface area contributed by atoms with Crippen molar-refractivity contribution in [3.8, 4) is 0 Å². The molecule has 0 amide bonds. The van der Waals surface area contributed by atoms with E-state index in [1.807, 2.05) is 0 Å². The number of rotatable bonds is 1. The van der Waals surface area contributed by atoms with Gasteiger partial charge in [0.1, 0.15) is 6.29 Å². The first-order valence-corrected chi connectivity index (χ1v) is 5.38. The van der Waals surface area contributed by atoms with Crippen molar-refractivity contribution in [2.24, 2.45) is 17.8 Å². The maximum atomic E-state index is 10.8. The van der Waals surface area contributed by atoms with E-state index in [2.05, 4.69) is 6.92 Å². The molecule has 2 aliphatic carbocycles. The Morgan fingerprint density at radius 1 is 1.38 bits per heavy atom. The maximum Gasteiger partial charge on any atom is 0.126 e. The van der Waals surface area contributed by atoms with Crippen LogP contribution < -0.4 is 0 Å². The van der Waals surface area contributed by atoms with Gasteiger partial charge in [-0.05, 0) is 24.7 Å². The molecule has 13 heavy (non-hydrogen) atoms. The Labute approximate surface area is 79.3 Å². The van der Waals surface area contributed by atoms with Crippen molar-refractivity contribution in [3.63, 3.8) is 0 Å². The van der Waals surface area contributed by atoms with Gasteiger partial charge in [-0.1, -0.05) is 26.2 Å². The molecule has 0 aliphatic heterocycles. The minimum atomic E-state index is -0.627. The van der Waals surface area contributed by atoms with Crippen LogP contribution >= 0.6 is 0 Å². The predicted octanol–water partition coefficient (Wildman–Crippen LogP) is 1.76. The Bertz CT molecular complexity index is 214. The van der Waals surface area contributed by atoms with Crippen LogP contribution in [0, 0.1) is 17.8 Å². The summed E-state index contributed by atoms with van der Waals surface area (Å²) in [6.07, 6.45) is 6.45. The molecule has 2 aliphatic rings. The topological polar surface area (TPSA) is 37.3 Å². The summed E-state index contributed by atoms with van der Waals surface area (Å²) in [5.41, 5.74) is -0.627. The molecule has 74 valence electrons. The van der Waals surface area contributed by atoms with E-state index < -0.39 is 5.60 Å². The fourth-order valence-corrected chi connectivity index (χ4v) is 3.35. The summed E-state index contributed by atoms with van der Waals surface area (Å²) in [5, 5.41) is 10.3. The Balaban J connectivity index is 2.17. The summed E-state index contributed by atoms with van der Waals surface area (Å²) in [7, 11) is 0. The van der Waals surface area contributed by atoms with Crippen molar-refractivity contribution >= 4 is 6.29 Å². The standard InChI is InChI=1S/C11H18O2/c1-8-9-5-3-2-4-6-11(9,13)10(8)7-12/h7-10,13H,2-6H2,1H3/t8-,9?,10?,11?/m1/s1. The minimum Gasteiger partial charge on any atom is -0.389 e. The number of hydrogen-bond acceptors (Lipinski definition) is 2. The van der Waals surface area contributed by atoms with Crippen molar-refractivity contribution in [3.05, 3.63) is 0 Å². The Kier molecular flexibility index (Phi) is 2.18. The van der Waals surface area contributed by atoms with Crippen LogP contribution in [0.4, 0.5) is 0 Å². The van der Waals surface area contributed by atoms with Gasteiger partial charge in [0, 0.05) is 5.92 Å². The third-order valence-electron chi connectivity index (χ3n) is 4.16. The van der Waals surface area contributed by atoms with Crippen molar-refractivity contribution in [2.75, 3.05) is 0 Å². The molecule has 0 aromatic heterocycles. The van der Waals surface area contributed by atoms with Gasteiger partial charge in [0.2, 0.25) is 0 Å². The van der Waals surface area contributed by atoms with Crippen LogP contribution in [0.15, 0.2) is 0 Å². The molecule has 0 bridgehead atoms. The van der Waals surface area contributed by atoms with Crippen molar-refractivity contribution in [2.45, 2.75) is 44.6 Å². The second-order valence-corrected chi connectivity index (χ2v) is 4.72. The first-order chi connectivity index (χ1) is 6.20. The van der Waals surface area contributed by atoms with Gasteiger partial charge >= 0.3 is 0 Å². The molecule has 0 heterocycles. The van der Waals surface area contributed by atoms with Crippen LogP contribution in [0.5, 0.6) is 0 Å². The first-order valence-electron chi connectivity index (χ1n) is 5.38. The van der Waals surface area contributed by atoms with Gasteiger partial charge in [0.25, 0.3) is 0 Å². The van der Waals surface area contributed by atoms with Crippen molar-refractivity contribution in [1.29, 1.82) is 0 Å². The Morgan fingerprint density at radius 2 is 2.15 bits per heavy atom. The number of carbonyl (C=O) groups is 1. The number of fused-ring (bicyclic) bond motifs is 1. The molecular formula is C11H18O2. The van der Waals surface area contributed by atoms with E-state index in [9.17, 15) is 9.90 Å². The zero-order valence-electron chi connectivity index (χ0n) is 8.20. The highest BCUT2D eigenvalue weighted by Crippen LogP contribution is 2.54. The number of hydrogen-bond donors (Lipinski definition) is 1. The van der Waals surface area contributed by atoms with Gasteiger partial charge in [-0.15, -0.1) is 0 Å². The molecule has 2 rings (SSSR count). The van der Waals surface area contributed by atoms with Crippen LogP contribution in [0.25, 0.3) is 0 Å². The molecule has 1 N–H and O–H groups in total. The quantitative estimate of drug-likeness (QED) is 0.627. The van der Waals surface area contributed by atoms with Gasteiger partial charge in [0.15, 0.2) is 0 Å². The highest BCUT2D eigenvalue weighted by atomic mass is 16.3. The highest BCUT2D eigenvalue weighted by Gasteiger charge is 2.58. The molecule has 0 radical (unpaired) electrons. The van der Waals surface area contributed by atoms with Crippen molar-refractivity contribution in [1.82, 2.24) is 0 Å². The summed E-state index contributed by atoms with van der Waals surface area (Å²) in [4.78, 5) is 10.8. The fraction of sp³-hybridized carbons (Fsp3) is 0.909. The lowest BCUT2D eigenvalue weighted by molar-refractivity contribution is -0.190. The van der Waals surface area contributed by atoms with Crippen LogP contribution in [-0.4, -0.2) is 17.0 Å². The first kappa shape index (κ1) is 9.20. The monoisotopic (exact) mass is 182 g/mol. The molecule has 0 saturated heterocycles. The van der Waals surface area contributed by atoms with E-state index in [4.69, 9.17) is 0 Å². The number of aldehydes is 1. The molecule has 4 atom stereocenters. The largest absolute Gasteiger partial charge is 0.389 e. The average molecular weight is 182 g/mol. The Hall–Kier alpha value is -0.370. The molecular weight excluding hydrogens is 164 g/mol. The van der Waals surface area contributed by atoms with Gasteiger partial charge in [-0.3, -0.25) is 0 Å². The predicted molar refractivity (Wildman–Crippen MR) is 50.2 cm³/mol. The number of carbonyl (C=O) groups excluding carboxylic acids is 1. The summed E-state index contributed by atoms with van der Waals surface area (Å²) >= 11 is 0. The minimum absolute atomic E-state index is 0.0874. The molecule has 3 unspecified atom stereocenters. The molecule has 0 spiro atoms. The van der Waals surface area contributed by atoms with Gasteiger partial charge in [-0.25, -0.2) is 0 Å². The molecule has 2 heteroatoms. The Morgan fingerprint density at radius 3 is 2.85 bits per heavy atom. The fourth-order valence-electron chi connectivity index (χ4n) is 3.35. The summed E-state index contributed by atoms with van der Waals surface area (Å²) in [5.74, 6) is 0.710. The van der Waals surface area contributed by atoms with E-state index in [0.717, 1.165) is 25.5 Å². The third kappa shape index (κ3) is 1.15. The van der Waals surface area contributed by atoms with Crippen molar-refractivity contribution < 1.29 is 9.90 Å². The smallest absolute Gasteiger partial charge is 0.126 e. The molecule has 2 nitrogen and oxygen atoms in total. The summed E-state index contributed by atoms with van der Waals surface area (Å²) in [6, 6.07) is 0. The third-order valence-corrected chi connectivity index (χ3v) is 4.16. The normalized spacial score (nSPS) is 50.2. The van der Waals surface area contributed by atoms with E-state index >= 15 is 0 Å². The summed E-state index contributed by atoms with van der Waals surface area (Å²) in [6.45, 7) is 2.10. The molecule has 0 aromatic rings. The zero-order chi connectivity index (χ0) is 9.47. The molecule has 0 aromatic carbocycles. The van der Waals surface area contributed by atoms with Crippen LogP contribution in [0.2, 0.25) is 0 Å². The van der Waals surface area contributed by atoms with Gasteiger partial charge < -0.3 is 9.90 Å². The SMILES string of the molecule is C[C@H]1C(C=O)C2(O)CCCCCC12. The van der Waals surface area contributed by atoms with E-state index in [1.54, 1.807) is 0 Å². The second-order valence-electron chi connectivity index (χ2n) is 4.72. The number of aliphatic hydroxyl groups is 1. The average Bonchev–Trinajstić information content (AvgIpc) is 2.26. The lowest BCUT2D eigenvalue weighted by atomic mass is 9.53. The van der Waals surface area contributed by atoms with Crippen LogP contribution in [-0.2, 0) is 4.79 Å². The zero-order valence-corrected chi connectivity index (χ0v) is 8.20. The van der Waals surface area contributed by atoms with E-state index in [0.29, 0.717) is 11.8 Å². The summed E-state index contributed by atoms with van der Waals surface area (Å²) < 4.78 is 0. The highest BCUT2D eigenvalue weighted by molar-refractivity contribution is 5.59. The van der Waals surface area contributed by atoms with E-state index in [1.165, 1.54) is 12.8 Å². The van der Waals surface area contributed by atoms with E-state index in [-0.39, 0.29) is 5.92 Å². The lowest BCUT2D eigenvalue weighted by Crippen LogP contribution is -2.61. The van der Waals surface area contributed by atoms with Crippen LogP contribution in [0.1, 0.15) is 39.0 Å². The maximum absolute atomic E-state index is 10.8. The van der Waals surface area contributed by atoms with Gasteiger partial charge in [-0.2, -0.15) is 0 Å². The molecule has 2 fully saturated rings. The van der Waals surface area contributed by atoms with Gasteiger partial charge in [0.05, 0.1) is 5.60 Å². The second kappa shape index (κ2) is 3.09.